The number of phenols is 1. The minimum atomic E-state index is -3.46. The second-order valence-corrected chi connectivity index (χ2v) is 7.63. The molecule has 1 heterocycles. The average molecular weight is 332 g/mol. The molecule has 1 fully saturated rings. The molecule has 6 heteroatoms. The van der Waals surface area contributed by atoms with Crippen LogP contribution in [-0.2, 0) is 10.0 Å². The normalized spacial score (nSPS) is 16.5. The summed E-state index contributed by atoms with van der Waals surface area (Å²) in [4.78, 5) is 2.35. The molecule has 3 rings (SSSR count). The number of sulfonamides is 1. The van der Waals surface area contributed by atoms with Crippen LogP contribution in [0, 0.1) is 6.92 Å². The highest BCUT2D eigenvalue weighted by Crippen LogP contribution is 2.28. The van der Waals surface area contributed by atoms with E-state index in [1.54, 1.807) is 30.3 Å². The van der Waals surface area contributed by atoms with E-state index in [0.717, 1.165) is 11.3 Å². The zero-order chi connectivity index (χ0) is 16.4. The largest absolute Gasteiger partial charge is 0.506 e. The molecule has 0 aromatic heterocycles. The number of aromatic hydroxyl groups is 1. The maximum absolute atomic E-state index is 12.7. The molecule has 5 nitrogen and oxygen atoms in total. The Morgan fingerprint density at radius 2 is 1.65 bits per heavy atom. The van der Waals surface area contributed by atoms with Gasteiger partial charge in [-0.25, -0.2) is 8.42 Å². The van der Waals surface area contributed by atoms with Crippen LogP contribution in [0.2, 0.25) is 0 Å². The SMILES string of the molecule is Cc1cccc(S(=O)(=O)N2CCN(c3ccccc3O)CC2)c1. The molecule has 0 aliphatic carbocycles. The van der Waals surface area contributed by atoms with Crippen LogP contribution in [0.25, 0.3) is 0 Å². The van der Waals surface area contributed by atoms with Crippen LogP contribution in [0.4, 0.5) is 5.69 Å². The zero-order valence-electron chi connectivity index (χ0n) is 13.0. The molecular weight excluding hydrogens is 312 g/mol. The Labute approximate surface area is 136 Å². The Morgan fingerprint density at radius 1 is 0.957 bits per heavy atom. The predicted molar refractivity (Wildman–Crippen MR) is 90.3 cm³/mol. The number of aryl methyl sites for hydroxylation is 1. The fourth-order valence-corrected chi connectivity index (χ4v) is 4.35. The molecule has 0 radical (unpaired) electrons. The van der Waals surface area contributed by atoms with Crippen molar-refractivity contribution in [3.8, 4) is 5.75 Å². The first-order valence-electron chi connectivity index (χ1n) is 7.58. The molecule has 0 bridgehead atoms. The van der Waals surface area contributed by atoms with E-state index in [9.17, 15) is 13.5 Å². The summed E-state index contributed by atoms with van der Waals surface area (Å²) in [6.07, 6.45) is 0. The Morgan fingerprint density at radius 3 is 2.30 bits per heavy atom. The number of nitrogens with zero attached hydrogens (tertiary/aromatic N) is 2. The van der Waals surface area contributed by atoms with Gasteiger partial charge in [0, 0.05) is 26.2 Å². The van der Waals surface area contributed by atoms with Crippen molar-refractivity contribution < 1.29 is 13.5 Å². The van der Waals surface area contributed by atoms with Crippen molar-refractivity contribution in [2.45, 2.75) is 11.8 Å². The van der Waals surface area contributed by atoms with Crippen molar-refractivity contribution in [1.29, 1.82) is 0 Å². The Balaban J connectivity index is 1.75. The molecular formula is C17H20N2O3S. The molecule has 1 aliphatic rings. The van der Waals surface area contributed by atoms with Crippen molar-refractivity contribution in [2.75, 3.05) is 31.1 Å². The lowest BCUT2D eigenvalue weighted by molar-refractivity contribution is 0.382. The maximum Gasteiger partial charge on any atom is 0.243 e. The summed E-state index contributed by atoms with van der Waals surface area (Å²) in [6.45, 7) is 3.82. The van der Waals surface area contributed by atoms with Gasteiger partial charge in [-0.15, -0.1) is 0 Å². The monoisotopic (exact) mass is 332 g/mol. The summed E-state index contributed by atoms with van der Waals surface area (Å²) in [5, 5.41) is 9.92. The van der Waals surface area contributed by atoms with Crippen LogP contribution in [-0.4, -0.2) is 44.0 Å². The van der Waals surface area contributed by atoms with E-state index in [-0.39, 0.29) is 5.75 Å². The number of anilines is 1. The number of piperazine rings is 1. The number of benzene rings is 2. The fourth-order valence-electron chi connectivity index (χ4n) is 2.83. The summed E-state index contributed by atoms with van der Waals surface area (Å²) in [5.41, 5.74) is 1.68. The first-order valence-corrected chi connectivity index (χ1v) is 9.02. The molecule has 1 saturated heterocycles. The van der Waals surface area contributed by atoms with E-state index in [4.69, 9.17) is 0 Å². The van der Waals surface area contributed by atoms with Gasteiger partial charge in [0.15, 0.2) is 0 Å². The van der Waals surface area contributed by atoms with Crippen molar-refractivity contribution in [3.63, 3.8) is 0 Å². The average Bonchev–Trinajstić information content (AvgIpc) is 2.55. The molecule has 0 amide bonds. The van der Waals surface area contributed by atoms with Crippen LogP contribution in [0.1, 0.15) is 5.56 Å². The first kappa shape index (κ1) is 15.8. The van der Waals surface area contributed by atoms with Crippen LogP contribution in [0.15, 0.2) is 53.4 Å². The summed E-state index contributed by atoms with van der Waals surface area (Å²) in [7, 11) is -3.46. The van der Waals surface area contributed by atoms with Crippen LogP contribution in [0.5, 0.6) is 5.75 Å². The van der Waals surface area contributed by atoms with E-state index in [2.05, 4.69) is 0 Å². The second-order valence-electron chi connectivity index (χ2n) is 5.70. The summed E-state index contributed by atoms with van der Waals surface area (Å²) in [6, 6.07) is 14.1. The molecule has 0 atom stereocenters. The quantitative estimate of drug-likeness (QED) is 0.936. The highest BCUT2D eigenvalue weighted by atomic mass is 32.2. The minimum absolute atomic E-state index is 0.225. The molecule has 0 spiro atoms. The van der Waals surface area contributed by atoms with Crippen LogP contribution >= 0.6 is 0 Å². The van der Waals surface area contributed by atoms with E-state index in [0.29, 0.717) is 31.1 Å². The maximum atomic E-state index is 12.7. The smallest absolute Gasteiger partial charge is 0.243 e. The number of phenolic OH excluding ortho intramolecular Hbond substituents is 1. The lowest BCUT2D eigenvalue weighted by Gasteiger charge is -2.35. The summed E-state index contributed by atoms with van der Waals surface area (Å²) in [5.74, 6) is 0.225. The minimum Gasteiger partial charge on any atom is -0.506 e. The van der Waals surface area contributed by atoms with Gasteiger partial charge in [0.2, 0.25) is 10.0 Å². The molecule has 2 aromatic carbocycles. The lowest BCUT2D eigenvalue weighted by atomic mass is 10.2. The second kappa shape index (κ2) is 6.22. The molecule has 1 N–H and O–H groups in total. The first-order chi connectivity index (χ1) is 11.0. The predicted octanol–water partition coefficient (Wildman–Crippen LogP) is 2.21. The van der Waals surface area contributed by atoms with Crippen LogP contribution in [0.3, 0.4) is 0 Å². The fraction of sp³-hybridized carbons (Fsp3) is 0.294. The zero-order valence-corrected chi connectivity index (χ0v) is 13.8. The highest BCUT2D eigenvalue weighted by molar-refractivity contribution is 7.89. The Kier molecular flexibility index (Phi) is 4.28. The third-order valence-electron chi connectivity index (χ3n) is 4.09. The van der Waals surface area contributed by atoms with Crippen molar-refractivity contribution >= 4 is 15.7 Å². The standard InChI is InChI=1S/C17H20N2O3S/c1-14-5-4-6-15(13-14)23(21,22)19-11-9-18(10-12-19)16-7-2-3-8-17(16)20/h2-8,13,20H,9-12H2,1H3. The van der Waals surface area contributed by atoms with Gasteiger partial charge in [-0.1, -0.05) is 24.3 Å². The highest BCUT2D eigenvalue weighted by Gasteiger charge is 2.29. The van der Waals surface area contributed by atoms with Gasteiger partial charge >= 0.3 is 0 Å². The number of rotatable bonds is 3. The van der Waals surface area contributed by atoms with E-state index in [1.807, 2.05) is 30.0 Å². The Hall–Kier alpha value is -2.05. The number of para-hydroxylation sites is 2. The van der Waals surface area contributed by atoms with Crippen molar-refractivity contribution in [2.24, 2.45) is 0 Å². The van der Waals surface area contributed by atoms with Gasteiger partial charge in [-0.05, 0) is 36.8 Å². The molecule has 2 aromatic rings. The number of hydrogen-bond donors (Lipinski definition) is 1. The Bertz CT molecular complexity index is 797. The molecule has 0 unspecified atom stereocenters. The van der Waals surface area contributed by atoms with Gasteiger partial charge in [-0.3, -0.25) is 0 Å². The van der Waals surface area contributed by atoms with Gasteiger partial charge in [-0.2, -0.15) is 4.31 Å². The summed E-state index contributed by atoms with van der Waals surface area (Å²) < 4.78 is 26.9. The third-order valence-corrected chi connectivity index (χ3v) is 5.98. The molecule has 122 valence electrons. The van der Waals surface area contributed by atoms with Gasteiger partial charge < -0.3 is 10.0 Å². The lowest BCUT2D eigenvalue weighted by Crippen LogP contribution is -2.48. The molecule has 0 saturated carbocycles. The van der Waals surface area contributed by atoms with Gasteiger partial charge in [0.25, 0.3) is 0 Å². The summed E-state index contributed by atoms with van der Waals surface area (Å²) >= 11 is 0. The van der Waals surface area contributed by atoms with Crippen molar-refractivity contribution in [3.05, 3.63) is 54.1 Å². The van der Waals surface area contributed by atoms with Gasteiger partial charge in [0.05, 0.1) is 10.6 Å². The van der Waals surface area contributed by atoms with E-state index < -0.39 is 10.0 Å². The molecule has 1 aliphatic heterocycles. The topological polar surface area (TPSA) is 60.9 Å². The van der Waals surface area contributed by atoms with E-state index >= 15 is 0 Å². The third kappa shape index (κ3) is 3.18. The number of hydrogen-bond acceptors (Lipinski definition) is 4. The van der Waals surface area contributed by atoms with Crippen molar-refractivity contribution in [1.82, 2.24) is 4.31 Å². The van der Waals surface area contributed by atoms with Gasteiger partial charge in [0.1, 0.15) is 5.75 Å². The van der Waals surface area contributed by atoms with Crippen LogP contribution < -0.4 is 4.90 Å². The molecule has 23 heavy (non-hydrogen) atoms. The van der Waals surface area contributed by atoms with E-state index in [1.165, 1.54) is 4.31 Å².